The van der Waals surface area contributed by atoms with Crippen LogP contribution in [0.3, 0.4) is 0 Å². The summed E-state index contributed by atoms with van der Waals surface area (Å²) >= 11 is 6.12. The molecule has 0 aliphatic rings. The molecule has 3 rings (SSSR count). The molecule has 0 aliphatic heterocycles. The van der Waals surface area contributed by atoms with Gasteiger partial charge in [0.15, 0.2) is 0 Å². The molecule has 3 aromatic rings. The number of anilines is 2. The average Bonchev–Trinajstić information content (AvgIpc) is 2.66. The number of rotatable bonds is 5. The zero-order valence-corrected chi connectivity index (χ0v) is 17.9. The van der Waals surface area contributed by atoms with E-state index in [0.717, 1.165) is 16.7 Å². The Morgan fingerprint density at radius 3 is 2.14 bits per heavy atom. The van der Waals surface area contributed by atoms with Crippen LogP contribution < -0.4 is 10.0 Å². The fourth-order valence-corrected chi connectivity index (χ4v) is 4.29. The molecule has 0 heterocycles. The number of amides is 1. The Kier molecular flexibility index (Phi) is 5.96. The molecule has 5 nitrogen and oxygen atoms in total. The second-order valence-electron chi connectivity index (χ2n) is 6.87. The number of benzene rings is 3. The van der Waals surface area contributed by atoms with Crippen LogP contribution in [0.2, 0.25) is 5.02 Å². The van der Waals surface area contributed by atoms with Gasteiger partial charge in [-0.2, -0.15) is 0 Å². The maximum Gasteiger partial charge on any atom is 0.263 e. The lowest BCUT2D eigenvalue weighted by Crippen LogP contribution is -2.16. The van der Waals surface area contributed by atoms with Crippen molar-refractivity contribution in [3.8, 4) is 0 Å². The third-order valence-corrected chi connectivity index (χ3v) is 6.41. The summed E-state index contributed by atoms with van der Waals surface area (Å²) in [5, 5.41) is 2.82. The summed E-state index contributed by atoms with van der Waals surface area (Å²) in [7, 11) is -3.96. The molecule has 1 amide bonds. The Morgan fingerprint density at radius 2 is 1.48 bits per heavy atom. The molecule has 0 aromatic heterocycles. The van der Waals surface area contributed by atoms with Gasteiger partial charge in [0.2, 0.25) is 0 Å². The maximum absolute atomic E-state index is 12.8. The maximum atomic E-state index is 12.8. The van der Waals surface area contributed by atoms with E-state index < -0.39 is 15.9 Å². The lowest BCUT2D eigenvalue weighted by Gasteiger charge is -2.12. The summed E-state index contributed by atoms with van der Waals surface area (Å²) < 4.78 is 28.1. The SMILES string of the molecule is Cc1ccc(NS(=O)(=O)c2cc(C(=O)Nc3ccc(C)c(C)c3)ccc2Cl)cc1. The van der Waals surface area contributed by atoms with Crippen LogP contribution >= 0.6 is 11.6 Å². The quantitative estimate of drug-likeness (QED) is 0.577. The Labute approximate surface area is 175 Å². The van der Waals surface area contributed by atoms with E-state index in [1.165, 1.54) is 18.2 Å². The van der Waals surface area contributed by atoms with Gasteiger partial charge in [-0.05, 0) is 74.4 Å². The first kappa shape index (κ1) is 20.9. The van der Waals surface area contributed by atoms with Gasteiger partial charge in [-0.25, -0.2) is 8.42 Å². The Morgan fingerprint density at radius 1 is 0.828 bits per heavy atom. The molecule has 2 N–H and O–H groups in total. The molecule has 0 bridgehead atoms. The largest absolute Gasteiger partial charge is 0.322 e. The topological polar surface area (TPSA) is 75.3 Å². The van der Waals surface area contributed by atoms with E-state index in [4.69, 9.17) is 11.6 Å². The number of nitrogens with one attached hydrogen (secondary N) is 2. The smallest absolute Gasteiger partial charge is 0.263 e. The Balaban J connectivity index is 1.87. The molecule has 150 valence electrons. The first-order chi connectivity index (χ1) is 13.7. The molecule has 0 spiro atoms. The summed E-state index contributed by atoms with van der Waals surface area (Å²) in [6.07, 6.45) is 0. The van der Waals surface area contributed by atoms with E-state index in [0.29, 0.717) is 11.4 Å². The Bertz CT molecular complexity index is 1170. The summed E-state index contributed by atoms with van der Waals surface area (Å²) in [5.74, 6) is -0.420. The van der Waals surface area contributed by atoms with E-state index >= 15 is 0 Å². The number of hydrogen-bond acceptors (Lipinski definition) is 3. The second-order valence-corrected chi connectivity index (χ2v) is 8.93. The number of carbonyl (C=O) groups is 1. The highest BCUT2D eigenvalue weighted by Gasteiger charge is 2.20. The van der Waals surface area contributed by atoms with E-state index in [1.54, 1.807) is 30.3 Å². The summed E-state index contributed by atoms with van der Waals surface area (Å²) in [6, 6.07) is 16.7. The number of aryl methyl sites for hydroxylation is 3. The van der Waals surface area contributed by atoms with Gasteiger partial charge in [-0.3, -0.25) is 9.52 Å². The average molecular weight is 429 g/mol. The third-order valence-electron chi connectivity index (χ3n) is 4.55. The van der Waals surface area contributed by atoms with Crippen LogP contribution in [0.4, 0.5) is 11.4 Å². The fourth-order valence-electron chi connectivity index (χ4n) is 2.70. The molecule has 0 fully saturated rings. The lowest BCUT2D eigenvalue weighted by molar-refractivity contribution is 0.102. The number of sulfonamides is 1. The molecule has 0 unspecified atom stereocenters. The minimum Gasteiger partial charge on any atom is -0.322 e. The number of carbonyl (C=O) groups excluding carboxylic acids is 1. The van der Waals surface area contributed by atoms with Gasteiger partial charge in [0.25, 0.3) is 15.9 Å². The van der Waals surface area contributed by atoms with E-state index in [2.05, 4.69) is 10.0 Å². The highest BCUT2D eigenvalue weighted by Crippen LogP contribution is 2.26. The first-order valence-corrected chi connectivity index (χ1v) is 10.8. The predicted molar refractivity (Wildman–Crippen MR) is 117 cm³/mol. The first-order valence-electron chi connectivity index (χ1n) is 8.93. The fraction of sp³-hybridized carbons (Fsp3) is 0.136. The minimum absolute atomic E-state index is 0.0346. The molecular weight excluding hydrogens is 408 g/mol. The van der Waals surface area contributed by atoms with Crippen molar-refractivity contribution in [3.05, 3.63) is 87.9 Å². The zero-order chi connectivity index (χ0) is 21.2. The van der Waals surface area contributed by atoms with Gasteiger partial charge in [0, 0.05) is 16.9 Å². The summed E-state index contributed by atoms with van der Waals surface area (Å²) in [5.41, 5.74) is 4.41. The zero-order valence-electron chi connectivity index (χ0n) is 16.3. The van der Waals surface area contributed by atoms with Crippen molar-refractivity contribution in [2.24, 2.45) is 0 Å². The van der Waals surface area contributed by atoms with Crippen LogP contribution in [0, 0.1) is 20.8 Å². The van der Waals surface area contributed by atoms with Crippen LogP contribution in [0.1, 0.15) is 27.0 Å². The van der Waals surface area contributed by atoms with Crippen molar-refractivity contribution < 1.29 is 13.2 Å². The second kappa shape index (κ2) is 8.27. The summed E-state index contributed by atoms with van der Waals surface area (Å²) in [4.78, 5) is 12.5. The van der Waals surface area contributed by atoms with Gasteiger partial charge in [-0.1, -0.05) is 35.4 Å². The van der Waals surface area contributed by atoms with Crippen molar-refractivity contribution >= 4 is 38.9 Å². The predicted octanol–water partition coefficient (Wildman–Crippen LogP) is 5.32. The molecule has 0 atom stereocenters. The number of hydrogen-bond donors (Lipinski definition) is 2. The van der Waals surface area contributed by atoms with Crippen LogP contribution in [0.5, 0.6) is 0 Å². The van der Waals surface area contributed by atoms with Crippen LogP contribution in [0.15, 0.2) is 65.6 Å². The molecule has 29 heavy (non-hydrogen) atoms. The monoisotopic (exact) mass is 428 g/mol. The van der Waals surface area contributed by atoms with Gasteiger partial charge < -0.3 is 5.32 Å². The van der Waals surface area contributed by atoms with Crippen molar-refractivity contribution in [1.29, 1.82) is 0 Å². The highest BCUT2D eigenvalue weighted by molar-refractivity contribution is 7.92. The molecule has 7 heteroatoms. The van der Waals surface area contributed by atoms with E-state index in [1.807, 2.05) is 32.9 Å². The molecule has 0 saturated heterocycles. The summed E-state index contributed by atoms with van der Waals surface area (Å²) in [6.45, 7) is 5.85. The number of halogens is 1. The van der Waals surface area contributed by atoms with Crippen LogP contribution in [-0.2, 0) is 10.0 Å². The van der Waals surface area contributed by atoms with Gasteiger partial charge in [0.1, 0.15) is 4.90 Å². The van der Waals surface area contributed by atoms with Crippen molar-refractivity contribution in [3.63, 3.8) is 0 Å². The normalized spacial score (nSPS) is 11.2. The van der Waals surface area contributed by atoms with Crippen molar-refractivity contribution in [2.75, 3.05) is 10.0 Å². The molecule has 3 aromatic carbocycles. The minimum atomic E-state index is -3.96. The van der Waals surface area contributed by atoms with Gasteiger partial charge >= 0.3 is 0 Å². The molecule has 0 radical (unpaired) electrons. The van der Waals surface area contributed by atoms with Gasteiger partial charge in [0.05, 0.1) is 5.02 Å². The van der Waals surface area contributed by atoms with E-state index in [9.17, 15) is 13.2 Å². The molecule has 0 saturated carbocycles. The van der Waals surface area contributed by atoms with E-state index in [-0.39, 0.29) is 15.5 Å². The van der Waals surface area contributed by atoms with Gasteiger partial charge in [-0.15, -0.1) is 0 Å². The van der Waals surface area contributed by atoms with Crippen LogP contribution in [0.25, 0.3) is 0 Å². The Hall–Kier alpha value is -2.83. The molecular formula is C22H21ClN2O3S. The standard InChI is InChI=1S/C22H21ClN2O3S/c1-14-4-8-18(9-5-14)25-29(27,28)21-13-17(7-11-20(21)23)22(26)24-19-10-6-15(2)16(3)12-19/h4-13,25H,1-3H3,(H,24,26). The van der Waals surface area contributed by atoms with Crippen molar-refractivity contribution in [1.82, 2.24) is 0 Å². The molecule has 0 aliphatic carbocycles. The van der Waals surface area contributed by atoms with Crippen LogP contribution in [-0.4, -0.2) is 14.3 Å². The third kappa shape index (κ3) is 4.96. The highest BCUT2D eigenvalue weighted by atomic mass is 35.5. The lowest BCUT2D eigenvalue weighted by atomic mass is 10.1. The van der Waals surface area contributed by atoms with Crippen molar-refractivity contribution in [2.45, 2.75) is 25.7 Å².